The van der Waals surface area contributed by atoms with E-state index in [0.717, 1.165) is 5.56 Å². The maximum atomic E-state index is 11.2. The van der Waals surface area contributed by atoms with E-state index < -0.39 is 0 Å². The number of nitrogen functional groups attached to an aromatic ring is 2. The lowest BCUT2D eigenvalue weighted by Gasteiger charge is -2.03. The van der Waals surface area contributed by atoms with Gasteiger partial charge in [-0.2, -0.15) is 0 Å². The zero-order chi connectivity index (χ0) is 12.3. The number of nitrogens with two attached hydrogens (primary N) is 2. The predicted molar refractivity (Wildman–Crippen MR) is 61.6 cm³/mol. The zero-order valence-electron chi connectivity index (χ0n) is 9.00. The Morgan fingerprint density at radius 3 is 2.59 bits per heavy atom. The Hall–Kier alpha value is -2.41. The topological polar surface area (TPSA) is 112 Å². The molecule has 88 valence electrons. The summed E-state index contributed by atoms with van der Waals surface area (Å²) in [5.41, 5.74) is 8.97. The highest BCUT2D eigenvalue weighted by Crippen LogP contribution is 2.06. The van der Waals surface area contributed by atoms with Crippen LogP contribution in [0.2, 0.25) is 0 Å². The summed E-state index contributed by atoms with van der Waals surface area (Å²) in [6.45, 7) is 0.550. The largest absolute Gasteiger partial charge is 0.367 e. The first-order valence-electron chi connectivity index (χ1n) is 4.94. The van der Waals surface area contributed by atoms with Crippen LogP contribution < -0.4 is 17.0 Å². The van der Waals surface area contributed by atoms with Crippen LogP contribution in [0.4, 0.5) is 5.95 Å². The summed E-state index contributed by atoms with van der Waals surface area (Å²) in [7, 11) is 0. The zero-order valence-corrected chi connectivity index (χ0v) is 9.00. The van der Waals surface area contributed by atoms with Crippen molar-refractivity contribution in [1.82, 2.24) is 20.2 Å². The van der Waals surface area contributed by atoms with E-state index in [1.807, 2.05) is 12.1 Å². The Labute approximate surface area is 97.4 Å². The predicted octanol–water partition coefficient (Wildman–Crippen LogP) is -0.488. The summed E-state index contributed by atoms with van der Waals surface area (Å²) in [4.78, 5) is 15.0. The fourth-order valence-electron chi connectivity index (χ4n) is 1.42. The number of hydrazine groups is 1. The lowest BCUT2D eigenvalue weighted by atomic mass is 10.1. The Morgan fingerprint density at radius 1 is 1.35 bits per heavy atom. The fraction of sp³-hybridized carbons (Fsp3) is 0.100. The molecule has 1 amide bonds. The van der Waals surface area contributed by atoms with Gasteiger partial charge in [-0.25, -0.2) is 15.5 Å². The van der Waals surface area contributed by atoms with Crippen molar-refractivity contribution >= 4 is 11.9 Å². The van der Waals surface area contributed by atoms with Crippen LogP contribution in [0.5, 0.6) is 0 Å². The molecule has 7 nitrogen and oxygen atoms in total. The summed E-state index contributed by atoms with van der Waals surface area (Å²) in [5, 5.41) is 3.96. The molecular weight excluding hydrogens is 220 g/mol. The van der Waals surface area contributed by atoms with E-state index in [9.17, 15) is 4.79 Å². The molecule has 1 heterocycles. The average Bonchev–Trinajstić information content (AvgIpc) is 2.75. The van der Waals surface area contributed by atoms with Crippen LogP contribution in [0.15, 0.2) is 30.6 Å². The number of amides is 1. The molecule has 0 aliphatic rings. The van der Waals surface area contributed by atoms with Gasteiger partial charge in [0, 0.05) is 5.56 Å². The Morgan fingerprint density at radius 2 is 2.06 bits per heavy atom. The van der Waals surface area contributed by atoms with Gasteiger partial charge in [0.15, 0.2) is 0 Å². The van der Waals surface area contributed by atoms with E-state index in [4.69, 9.17) is 11.6 Å². The van der Waals surface area contributed by atoms with Crippen molar-refractivity contribution in [2.75, 3.05) is 5.73 Å². The van der Waals surface area contributed by atoms with Gasteiger partial charge < -0.3 is 5.73 Å². The molecule has 0 aliphatic heterocycles. The van der Waals surface area contributed by atoms with Crippen molar-refractivity contribution in [2.45, 2.75) is 6.54 Å². The second-order valence-electron chi connectivity index (χ2n) is 3.47. The molecule has 0 spiro atoms. The van der Waals surface area contributed by atoms with Crippen molar-refractivity contribution in [3.8, 4) is 0 Å². The lowest BCUT2D eigenvalue weighted by molar-refractivity contribution is 0.0953. The first-order chi connectivity index (χ1) is 8.19. The summed E-state index contributed by atoms with van der Waals surface area (Å²) in [6, 6.07) is 7.03. The minimum Gasteiger partial charge on any atom is -0.367 e. The van der Waals surface area contributed by atoms with Crippen LogP contribution >= 0.6 is 0 Å². The number of anilines is 1. The highest BCUT2D eigenvalue weighted by molar-refractivity contribution is 5.93. The van der Waals surface area contributed by atoms with Gasteiger partial charge >= 0.3 is 0 Å². The SMILES string of the molecule is NNC(=O)c1ccc(Cn2cnc(N)n2)cc1. The van der Waals surface area contributed by atoms with Crippen LogP contribution in [-0.4, -0.2) is 20.7 Å². The molecule has 1 aromatic heterocycles. The normalized spacial score (nSPS) is 10.2. The summed E-state index contributed by atoms with van der Waals surface area (Å²) < 4.78 is 1.62. The van der Waals surface area contributed by atoms with Gasteiger partial charge in [-0.1, -0.05) is 12.1 Å². The smallest absolute Gasteiger partial charge is 0.265 e. The third kappa shape index (κ3) is 2.58. The molecule has 0 unspecified atom stereocenters. The molecular formula is C10H12N6O. The Kier molecular flexibility index (Phi) is 3.01. The van der Waals surface area contributed by atoms with Crippen molar-refractivity contribution in [2.24, 2.45) is 5.84 Å². The molecule has 2 aromatic rings. The Bertz CT molecular complexity index is 518. The molecule has 0 saturated heterocycles. The van der Waals surface area contributed by atoms with E-state index in [1.165, 1.54) is 0 Å². The van der Waals surface area contributed by atoms with E-state index in [-0.39, 0.29) is 11.9 Å². The molecule has 0 radical (unpaired) electrons. The number of nitrogens with zero attached hydrogens (tertiary/aromatic N) is 3. The van der Waals surface area contributed by atoms with Gasteiger partial charge in [-0.15, -0.1) is 5.10 Å². The minimum atomic E-state index is -0.318. The summed E-state index contributed by atoms with van der Waals surface area (Å²) in [5.74, 6) is 4.95. The monoisotopic (exact) mass is 232 g/mol. The molecule has 7 heteroatoms. The van der Waals surface area contributed by atoms with Crippen molar-refractivity contribution < 1.29 is 4.79 Å². The first kappa shape index (κ1) is 11.1. The van der Waals surface area contributed by atoms with Gasteiger partial charge in [0.05, 0.1) is 6.54 Å². The lowest BCUT2D eigenvalue weighted by Crippen LogP contribution is -2.29. The van der Waals surface area contributed by atoms with E-state index >= 15 is 0 Å². The minimum absolute atomic E-state index is 0.240. The van der Waals surface area contributed by atoms with E-state index in [2.05, 4.69) is 15.5 Å². The van der Waals surface area contributed by atoms with E-state index in [0.29, 0.717) is 12.1 Å². The standard InChI is InChI=1S/C10H12N6O/c11-10-13-6-16(15-10)5-7-1-3-8(4-2-7)9(17)14-12/h1-4,6H,5,12H2,(H2,11,15)(H,14,17). The van der Waals surface area contributed by atoms with Gasteiger partial charge in [-0.05, 0) is 17.7 Å². The molecule has 0 fully saturated rings. The van der Waals surface area contributed by atoms with Crippen LogP contribution in [0.25, 0.3) is 0 Å². The number of hydrogen-bond donors (Lipinski definition) is 3. The third-order valence-corrected chi connectivity index (χ3v) is 2.25. The second-order valence-corrected chi connectivity index (χ2v) is 3.47. The highest BCUT2D eigenvalue weighted by atomic mass is 16.2. The number of hydrogen-bond acceptors (Lipinski definition) is 5. The number of carbonyl (C=O) groups is 1. The summed E-state index contributed by atoms with van der Waals surface area (Å²) in [6.07, 6.45) is 1.55. The molecule has 1 aromatic carbocycles. The molecule has 0 aliphatic carbocycles. The molecule has 2 rings (SSSR count). The molecule has 0 saturated carbocycles. The molecule has 0 atom stereocenters. The van der Waals surface area contributed by atoms with Gasteiger partial charge in [0.1, 0.15) is 6.33 Å². The molecule has 0 bridgehead atoms. The highest BCUT2D eigenvalue weighted by Gasteiger charge is 2.03. The van der Waals surface area contributed by atoms with Gasteiger partial charge in [-0.3, -0.25) is 10.2 Å². The van der Waals surface area contributed by atoms with Crippen molar-refractivity contribution in [3.05, 3.63) is 41.7 Å². The van der Waals surface area contributed by atoms with Crippen LogP contribution in [-0.2, 0) is 6.54 Å². The van der Waals surface area contributed by atoms with Crippen LogP contribution in [0, 0.1) is 0 Å². The first-order valence-corrected chi connectivity index (χ1v) is 4.94. The van der Waals surface area contributed by atoms with Crippen molar-refractivity contribution in [1.29, 1.82) is 0 Å². The Balaban J connectivity index is 2.10. The fourth-order valence-corrected chi connectivity index (χ4v) is 1.42. The third-order valence-electron chi connectivity index (χ3n) is 2.25. The average molecular weight is 232 g/mol. The molecule has 17 heavy (non-hydrogen) atoms. The van der Waals surface area contributed by atoms with Gasteiger partial charge in [0.2, 0.25) is 5.95 Å². The number of carbonyl (C=O) groups excluding carboxylic acids is 1. The summed E-state index contributed by atoms with van der Waals surface area (Å²) >= 11 is 0. The van der Waals surface area contributed by atoms with E-state index in [1.54, 1.807) is 23.1 Å². The molecule has 5 N–H and O–H groups in total. The second kappa shape index (κ2) is 4.62. The van der Waals surface area contributed by atoms with Crippen LogP contribution in [0.1, 0.15) is 15.9 Å². The van der Waals surface area contributed by atoms with Gasteiger partial charge in [0.25, 0.3) is 5.91 Å². The number of benzene rings is 1. The maximum Gasteiger partial charge on any atom is 0.265 e. The number of rotatable bonds is 3. The quantitative estimate of drug-likeness (QED) is 0.375. The maximum absolute atomic E-state index is 11.2. The van der Waals surface area contributed by atoms with Crippen molar-refractivity contribution in [3.63, 3.8) is 0 Å². The number of nitrogens with one attached hydrogen (secondary N) is 1. The number of aromatic nitrogens is 3. The van der Waals surface area contributed by atoms with Crippen LogP contribution in [0.3, 0.4) is 0 Å².